The molecule has 230 valence electrons. The van der Waals surface area contributed by atoms with E-state index >= 15 is 0 Å². The fourth-order valence-electron chi connectivity index (χ4n) is 7.38. The van der Waals surface area contributed by atoms with Crippen molar-refractivity contribution in [1.82, 2.24) is 0 Å². The predicted molar refractivity (Wildman–Crippen MR) is 210 cm³/mol. The monoisotopic (exact) mass is 643 g/mol. The normalized spacial score (nSPS) is 11.7. The van der Waals surface area contributed by atoms with Gasteiger partial charge in [0, 0.05) is 53.9 Å². The molecule has 10 aromatic rings. The minimum atomic E-state index is 0.873. The van der Waals surface area contributed by atoms with Crippen LogP contribution in [0.3, 0.4) is 0 Å². The van der Waals surface area contributed by atoms with Crippen molar-refractivity contribution in [2.45, 2.75) is 0 Å². The third-order valence-electron chi connectivity index (χ3n) is 9.66. The van der Waals surface area contributed by atoms with Gasteiger partial charge < -0.3 is 9.32 Å². The van der Waals surface area contributed by atoms with Gasteiger partial charge in [-0.25, -0.2) is 0 Å². The molecular weight excluding hydrogens is 615 g/mol. The molecule has 0 radical (unpaired) electrons. The highest BCUT2D eigenvalue weighted by molar-refractivity contribution is 7.25. The summed E-state index contributed by atoms with van der Waals surface area (Å²) < 4.78 is 9.04. The molecule has 3 heteroatoms. The van der Waals surface area contributed by atoms with E-state index in [0.29, 0.717) is 0 Å². The van der Waals surface area contributed by atoms with E-state index in [9.17, 15) is 0 Å². The minimum absolute atomic E-state index is 0.873. The van der Waals surface area contributed by atoms with Crippen LogP contribution < -0.4 is 4.90 Å². The number of hydrogen-bond donors (Lipinski definition) is 0. The topological polar surface area (TPSA) is 16.4 Å². The molecule has 10 rings (SSSR count). The molecule has 0 atom stereocenters. The summed E-state index contributed by atoms with van der Waals surface area (Å²) in [4.78, 5) is 2.38. The lowest BCUT2D eigenvalue weighted by atomic mass is 9.97. The molecule has 0 amide bonds. The maximum absolute atomic E-state index is 6.43. The van der Waals surface area contributed by atoms with Crippen LogP contribution >= 0.6 is 11.3 Å². The molecule has 8 aromatic carbocycles. The van der Waals surface area contributed by atoms with Crippen LogP contribution in [0.1, 0.15) is 0 Å². The maximum Gasteiger partial charge on any atom is 0.137 e. The lowest BCUT2D eigenvalue weighted by Gasteiger charge is -2.28. The molecular formula is C46H29NOS. The number of hydrogen-bond acceptors (Lipinski definition) is 3. The van der Waals surface area contributed by atoms with Gasteiger partial charge in [0.25, 0.3) is 0 Å². The molecule has 0 saturated carbocycles. The fraction of sp³-hybridized carbons (Fsp3) is 0. The predicted octanol–water partition coefficient (Wildman–Crippen LogP) is 13.9. The van der Waals surface area contributed by atoms with Crippen molar-refractivity contribution >= 4 is 81.3 Å². The summed E-state index contributed by atoms with van der Waals surface area (Å²) >= 11 is 1.85. The van der Waals surface area contributed by atoms with Gasteiger partial charge in [-0.1, -0.05) is 115 Å². The van der Waals surface area contributed by atoms with Crippen LogP contribution in [0.5, 0.6) is 0 Å². The highest BCUT2D eigenvalue weighted by Gasteiger charge is 2.20. The second-order valence-electron chi connectivity index (χ2n) is 12.5. The Labute approximate surface area is 287 Å². The fourth-order valence-corrected chi connectivity index (χ4v) is 8.46. The number of rotatable bonds is 5. The van der Waals surface area contributed by atoms with Crippen molar-refractivity contribution in [3.05, 3.63) is 176 Å². The minimum Gasteiger partial charge on any atom is -0.456 e. The van der Waals surface area contributed by atoms with E-state index in [2.05, 4.69) is 169 Å². The number of nitrogens with zero attached hydrogens (tertiary/aromatic N) is 1. The first-order valence-corrected chi connectivity index (χ1v) is 17.4. The van der Waals surface area contributed by atoms with Crippen LogP contribution in [-0.2, 0) is 0 Å². The standard InChI is InChI=1S/C46H29NOS/c1-2-15-35-30(11-1)12-10-19-36(35)31-13-9-14-33(27-31)47(34-24-25-39-38-17-4-7-21-43(38)48-44(39)29-34)42-20-6-3-16-37(42)32-23-26-46-41(28-32)40-18-5-8-22-45(40)49-46/h1-29H. The van der Waals surface area contributed by atoms with E-state index in [0.717, 1.165) is 39.0 Å². The highest BCUT2D eigenvalue weighted by atomic mass is 32.1. The summed E-state index contributed by atoms with van der Waals surface area (Å²) in [5, 5.41) is 7.32. The van der Waals surface area contributed by atoms with E-state index in [1.54, 1.807) is 0 Å². The average molecular weight is 644 g/mol. The lowest BCUT2D eigenvalue weighted by molar-refractivity contribution is 0.669. The van der Waals surface area contributed by atoms with Crippen molar-refractivity contribution in [3.8, 4) is 22.3 Å². The summed E-state index contributed by atoms with van der Waals surface area (Å²) in [6, 6.07) is 63.3. The Hall–Kier alpha value is -6.16. The van der Waals surface area contributed by atoms with Crippen LogP contribution in [0.2, 0.25) is 0 Å². The molecule has 0 fully saturated rings. The molecule has 2 nitrogen and oxygen atoms in total. The van der Waals surface area contributed by atoms with Gasteiger partial charge in [0.15, 0.2) is 0 Å². The Morgan fingerprint density at radius 3 is 2.02 bits per heavy atom. The summed E-state index contributed by atoms with van der Waals surface area (Å²) in [6.07, 6.45) is 0. The third-order valence-corrected chi connectivity index (χ3v) is 10.8. The summed E-state index contributed by atoms with van der Waals surface area (Å²) in [5.74, 6) is 0. The van der Waals surface area contributed by atoms with Crippen molar-refractivity contribution < 1.29 is 4.42 Å². The van der Waals surface area contributed by atoms with Crippen LogP contribution in [-0.4, -0.2) is 0 Å². The summed E-state index contributed by atoms with van der Waals surface area (Å²) in [6.45, 7) is 0. The largest absolute Gasteiger partial charge is 0.456 e. The molecule has 0 aliphatic carbocycles. The molecule has 2 heterocycles. The zero-order chi connectivity index (χ0) is 32.3. The molecule has 0 aliphatic rings. The maximum atomic E-state index is 6.43. The van der Waals surface area contributed by atoms with Crippen molar-refractivity contribution in [2.75, 3.05) is 4.90 Å². The Morgan fingerprint density at radius 2 is 1.06 bits per heavy atom. The highest BCUT2D eigenvalue weighted by Crippen LogP contribution is 2.45. The van der Waals surface area contributed by atoms with Gasteiger partial charge in [-0.2, -0.15) is 0 Å². The third kappa shape index (κ3) is 4.62. The van der Waals surface area contributed by atoms with Crippen LogP contribution in [0, 0.1) is 0 Å². The Balaban J connectivity index is 1.20. The molecule has 2 aromatic heterocycles. The smallest absolute Gasteiger partial charge is 0.137 e. The van der Waals surface area contributed by atoms with Gasteiger partial charge in [0.2, 0.25) is 0 Å². The Morgan fingerprint density at radius 1 is 0.388 bits per heavy atom. The zero-order valence-corrected chi connectivity index (χ0v) is 27.3. The SMILES string of the molecule is c1cc(-c2cccc3ccccc23)cc(N(c2ccc3c(c2)oc2ccccc23)c2ccccc2-c2ccc3sc4ccccc4c3c2)c1. The van der Waals surface area contributed by atoms with Crippen molar-refractivity contribution in [3.63, 3.8) is 0 Å². The Kier molecular flexibility index (Phi) is 6.39. The van der Waals surface area contributed by atoms with E-state index in [-0.39, 0.29) is 0 Å². The number of thiophene rings is 1. The quantitative estimate of drug-likeness (QED) is 0.186. The van der Waals surface area contributed by atoms with E-state index < -0.39 is 0 Å². The molecule has 49 heavy (non-hydrogen) atoms. The molecule has 0 spiro atoms. The number of benzene rings is 8. The first-order valence-electron chi connectivity index (χ1n) is 16.6. The molecule has 0 aliphatic heterocycles. The number of para-hydroxylation sites is 2. The number of fused-ring (bicyclic) bond motifs is 7. The van der Waals surface area contributed by atoms with Gasteiger partial charge in [-0.05, 0) is 82.1 Å². The van der Waals surface area contributed by atoms with Gasteiger partial charge in [0.1, 0.15) is 11.2 Å². The molecule has 0 saturated heterocycles. The van der Waals surface area contributed by atoms with Crippen LogP contribution in [0.15, 0.2) is 180 Å². The van der Waals surface area contributed by atoms with Gasteiger partial charge in [0.05, 0.1) is 5.69 Å². The molecule has 0 unspecified atom stereocenters. The van der Waals surface area contributed by atoms with Crippen molar-refractivity contribution in [2.24, 2.45) is 0 Å². The summed E-state index contributed by atoms with van der Waals surface area (Å²) in [5.41, 5.74) is 9.74. The van der Waals surface area contributed by atoms with Gasteiger partial charge in [-0.15, -0.1) is 11.3 Å². The van der Waals surface area contributed by atoms with E-state index in [1.165, 1.54) is 53.2 Å². The second kappa shape index (κ2) is 11.2. The first-order chi connectivity index (χ1) is 24.3. The van der Waals surface area contributed by atoms with Gasteiger partial charge in [-0.3, -0.25) is 0 Å². The Bertz CT molecular complexity index is 2850. The molecule has 0 bridgehead atoms. The van der Waals surface area contributed by atoms with E-state index in [4.69, 9.17) is 4.42 Å². The second-order valence-corrected chi connectivity index (χ2v) is 13.6. The zero-order valence-electron chi connectivity index (χ0n) is 26.5. The van der Waals surface area contributed by atoms with Crippen molar-refractivity contribution in [1.29, 1.82) is 0 Å². The average Bonchev–Trinajstić information content (AvgIpc) is 3.73. The summed E-state index contributed by atoms with van der Waals surface area (Å²) in [7, 11) is 0. The number of furan rings is 1. The number of anilines is 3. The van der Waals surface area contributed by atoms with E-state index in [1.807, 2.05) is 23.5 Å². The van der Waals surface area contributed by atoms with Crippen LogP contribution in [0.25, 0.3) is 75.1 Å². The lowest BCUT2D eigenvalue weighted by Crippen LogP contribution is -2.11. The first kappa shape index (κ1) is 27.9. The molecule has 0 N–H and O–H groups in total. The van der Waals surface area contributed by atoms with Gasteiger partial charge >= 0.3 is 0 Å². The van der Waals surface area contributed by atoms with Crippen LogP contribution in [0.4, 0.5) is 17.1 Å².